The van der Waals surface area contributed by atoms with Gasteiger partial charge in [0.1, 0.15) is 5.82 Å². The van der Waals surface area contributed by atoms with Gasteiger partial charge in [0.2, 0.25) is 0 Å². The molecular weight excluding hydrogens is 376 g/mol. The van der Waals surface area contributed by atoms with Crippen LogP contribution in [0.2, 0.25) is 0 Å². The van der Waals surface area contributed by atoms with E-state index < -0.39 is 5.92 Å². The molecule has 3 aliphatic rings. The molecule has 1 aliphatic carbocycles. The molecule has 8 heteroatoms. The second-order valence-corrected chi connectivity index (χ2v) is 9.04. The fourth-order valence-corrected chi connectivity index (χ4v) is 4.91. The SMILES string of the molecule is CC(C)n1nc(-c2cnc(N)c(C(C)(F)F)c2)cc1[C@@H]1[C@@H]2CN(C3COC3)C[C@@H]21. The lowest BCUT2D eigenvalue weighted by Gasteiger charge is -2.35. The van der Waals surface area contributed by atoms with Gasteiger partial charge in [0, 0.05) is 49.4 Å². The number of anilines is 1. The minimum Gasteiger partial charge on any atom is -0.383 e. The Morgan fingerprint density at radius 2 is 1.90 bits per heavy atom. The van der Waals surface area contributed by atoms with E-state index in [9.17, 15) is 8.78 Å². The minimum absolute atomic E-state index is 0.137. The molecule has 156 valence electrons. The van der Waals surface area contributed by atoms with Gasteiger partial charge in [-0.05, 0) is 37.8 Å². The van der Waals surface area contributed by atoms with Crippen molar-refractivity contribution < 1.29 is 13.5 Å². The highest BCUT2D eigenvalue weighted by Gasteiger charge is 2.58. The molecule has 5 rings (SSSR count). The number of pyridine rings is 1. The fourth-order valence-electron chi connectivity index (χ4n) is 4.91. The summed E-state index contributed by atoms with van der Waals surface area (Å²) in [4.78, 5) is 6.55. The largest absolute Gasteiger partial charge is 0.383 e. The number of aromatic nitrogens is 3. The molecule has 0 spiro atoms. The van der Waals surface area contributed by atoms with Crippen LogP contribution in [0.5, 0.6) is 0 Å². The van der Waals surface area contributed by atoms with Crippen molar-refractivity contribution in [2.75, 3.05) is 32.0 Å². The standard InChI is InChI=1S/C21H27F2N5O/c1-11(2)28-18(19-14-7-27(8-15(14)19)13-9-29-10-13)5-17(26-28)12-4-16(21(3,22)23)20(24)25-6-12/h4-6,11,13-15,19H,7-10H2,1-3H3,(H2,24,25)/t14-,15+,19-. The van der Waals surface area contributed by atoms with E-state index in [2.05, 4.69) is 34.5 Å². The van der Waals surface area contributed by atoms with Gasteiger partial charge in [-0.25, -0.2) is 13.8 Å². The van der Waals surface area contributed by atoms with Gasteiger partial charge in [0.05, 0.1) is 30.5 Å². The number of nitrogens with two attached hydrogens (primary N) is 1. The number of nitrogen functional groups attached to an aromatic ring is 1. The van der Waals surface area contributed by atoms with Crippen molar-refractivity contribution in [1.29, 1.82) is 0 Å². The van der Waals surface area contributed by atoms with E-state index >= 15 is 0 Å². The van der Waals surface area contributed by atoms with Crippen molar-refractivity contribution in [2.45, 2.75) is 44.7 Å². The summed E-state index contributed by atoms with van der Waals surface area (Å²) in [5.41, 5.74) is 7.89. The number of likely N-dealkylation sites (tertiary alicyclic amines) is 1. The molecule has 1 saturated carbocycles. The average molecular weight is 403 g/mol. The Morgan fingerprint density at radius 1 is 1.21 bits per heavy atom. The first-order valence-electron chi connectivity index (χ1n) is 10.3. The van der Waals surface area contributed by atoms with E-state index in [0.717, 1.165) is 33.2 Å². The van der Waals surface area contributed by atoms with Gasteiger partial charge >= 0.3 is 0 Å². The second kappa shape index (κ2) is 6.47. The molecule has 6 nitrogen and oxygen atoms in total. The van der Waals surface area contributed by atoms with Crippen LogP contribution in [0.1, 0.15) is 44.0 Å². The number of piperidine rings is 1. The Bertz CT molecular complexity index is 922. The summed E-state index contributed by atoms with van der Waals surface area (Å²) in [5.74, 6) is -1.39. The summed E-state index contributed by atoms with van der Waals surface area (Å²) in [7, 11) is 0. The van der Waals surface area contributed by atoms with Crippen LogP contribution in [0.3, 0.4) is 0 Å². The van der Waals surface area contributed by atoms with Crippen LogP contribution in [-0.2, 0) is 10.7 Å². The predicted octanol–water partition coefficient (Wildman–Crippen LogP) is 3.26. The highest BCUT2D eigenvalue weighted by molar-refractivity contribution is 5.63. The van der Waals surface area contributed by atoms with Crippen molar-refractivity contribution in [3.05, 3.63) is 29.6 Å². The molecule has 3 atom stereocenters. The normalized spacial score (nSPS) is 27.3. The topological polar surface area (TPSA) is 69.2 Å². The highest BCUT2D eigenvalue weighted by atomic mass is 19.3. The van der Waals surface area contributed by atoms with Gasteiger partial charge in [0.25, 0.3) is 5.92 Å². The summed E-state index contributed by atoms with van der Waals surface area (Å²) in [6, 6.07) is 4.27. The van der Waals surface area contributed by atoms with Gasteiger partial charge < -0.3 is 10.5 Å². The van der Waals surface area contributed by atoms with Crippen molar-refractivity contribution >= 4 is 5.82 Å². The maximum absolute atomic E-state index is 13.9. The van der Waals surface area contributed by atoms with E-state index in [4.69, 9.17) is 15.6 Å². The van der Waals surface area contributed by atoms with Crippen LogP contribution in [0, 0.1) is 11.8 Å². The molecule has 3 fully saturated rings. The van der Waals surface area contributed by atoms with Crippen LogP contribution in [0.15, 0.2) is 18.3 Å². The average Bonchev–Trinajstić information content (AvgIpc) is 2.96. The number of ether oxygens (including phenoxy) is 1. The van der Waals surface area contributed by atoms with Crippen molar-refractivity contribution in [1.82, 2.24) is 19.7 Å². The number of hydrogen-bond acceptors (Lipinski definition) is 5. The quantitative estimate of drug-likeness (QED) is 0.830. The smallest absolute Gasteiger partial charge is 0.274 e. The van der Waals surface area contributed by atoms with Crippen LogP contribution >= 0.6 is 0 Å². The van der Waals surface area contributed by atoms with E-state index in [0.29, 0.717) is 35.1 Å². The Balaban J connectivity index is 1.43. The first-order chi connectivity index (χ1) is 13.7. The zero-order valence-corrected chi connectivity index (χ0v) is 17.0. The Hall–Kier alpha value is -2.06. The minimum atomic E-state index is -3.04. The Kier molecular flexibility index (Phi) is 4.22. The molecule has 0 unspecified atom stereocenters. The predicted molar refractivity (Wildman–Crippen MR) is 106 cm³/mol. The summed E-state index contributed by atoms with van der Waals surface area (Å²) in [5, 5.41) is 4.76. The first-order valence-corrected chi connectivity index (χ1v) is 10.3. The third kappa shape index (κ3) is 3.13. The summed E-state index contributed by atoms with van der Waals surface area (Å²) in [6.07, 6.45) is 1.54. The number of nitrogens with zero attached hydrogens (tertiary/aromatic N) is 4. The lowest BCUT2D eigenvalue weighted by molar-refractivity contribution is -0.0610. The van der Waals surface area contributed by atoms with Crippen LogP contribution in [-0.4, -0.2) is 52.0 Å². The molecule has 4 heterocycles. The van der Waals surface area contributed by atoms with Crippen molar-refractivity contribution in [2.24, 2.45) is 11.8 Å². The first kappa shape index (κ1) is 18.9. The van der Waals surface area contributed by atoms with Gasteiger partial charge in [-0.3, -0.25) is 9.58 Å². The van der Waals surface area contributed by atoms with E-state index in [1.54, 1.807) is 0 Å². The van der Waals surface area contributed by atoms with Crippen LogP contribution < -0.4 is 5.73 Å². The number of hydrogen-bond donors (Lipinski definition) is 1. The fraction of sp³-hybridized carbons (Fsp3) is 0.619. The van der Waals surface area contributed by atoms with Gasteiger partial charge in [-0.1, -0.05) is 0 Å². The lowest BCUT2D eigenvalue weighted by Crippen LogP contribution is -2.48. The lowest BCUT2D eigenvalue weighted by atomic mass is 10.1. The summed E-state index contributed by atoms with van der Waals surface area (Å²) >= 11 is 0. The Morgan fingerprint density at radius 3 is 2.45 bits per heavy atom. The zero-order chi connectivity index (χ0) is 20.5. The molecule has 2 saturated heterocycles. The molecule has 0 bridgehead atoms. The monoisotopic (exact) mass is 403 g/mol. The van der Waals surface area contributed by atoms with Crippen LogP contribution in [0.25, 0.3) is 11.3 Å². The van der Waals surface area contributed by atoms with Crippen molar-refractivity contribution in [3.8, 4) is 11.3 Å². The van der Waals surface area contributed by atoms with Crippen molar-refractivity contribution in [3.63, 3.8) is 0 Å². The number of alkyl halides is 2. The molecule has 2 aliphatic heterocycles. The highest BCUT2D eigenvalue weighted by Crippen LogP contribution is 2.59. The molecule has 2 aromatic heterocycles. The Labute approximate surface area is 169 Å². The van der Waals surface area contributed by atoms with E-state index in [1.165, 1.54) is 18.0 Å². The maximum Gasteiger partial charge on any atom is 0.274 e. The molecular formula is C21H27F2N5O. The third-order valence-electron chi connectivity index (χ3n) is 6.64. The van der Waals surface area contributed by atoms with E-state index in [-0.39, 0.29) is 17.4 Å². The molecule has 2 aromatic rings. The molecule has 0 radical (unpaired) electrons. The number of fused-ring (bicyclic) bond motifs is 1. The maximum atomic E-state index is 13.9. The number of rotatable bonds is 5. The molecule has 2 N–H and O–H groups in total. The van der Waals surface area contributed by atoms with E-state index in [1.807, 2.05) is 0 Å². The molecule has 29 heavy (non-hydrogen) atoms. The van der Waals surface area contributed by atoms with Gasteiger partial charge in [-0.2, -0.15) is 5.10 Å². The van der Waals surface area contributed by atoms with Gasteiger partial charge in [-0.15, -0.1) is 0 Å². The third-order valence-corrected chi connectivity index (χ3v) is 6.64. The summed E-state index contributed by atoms with van der Waals surface area (Å²) < 4.78 is 35.2. The second-order valence-electron chi connectivity index (χ2n) is 9.04. The molecule has 0 aromatic carbocycles. The van der Waals surface area contributed by atoms with Crippen LogP contribution in [0.4, 0.5) is 14.6 Å². The molecule has 0 amide bonds. The van der Waals surface area contributed by atoms with Gasteiger partial charge in [0.15, 0.2) is 0 Å². The zero-order valence-electron chi connectivity index (χ0n) is 17.0. The summed E-state index contributed by atoms with van der Waals surface area (Å²) in [6.45, 7) is 8.97. The number of halogens is 2.